The number of nitro benzene ring substituents is 1. The molecule has 1 N–H and O–H groups in total. The van der Waals surface area contributed by atoms with Gasteiger partial charge in [-0.05, 0) is 24.3 Å². The quantitative estimate of drug-likeness (QED) is 0.669. The van der Waals surface area contributed by atoms with Crippen molar-refractivity contribution in [2.45, 2.75) is 0 Å². The van der Waals surface area contributed by atoms with Crippen molar-refractivity contribution in [1.82, 2.24) is 0 Å². The number of hydrogen-bond acceptors (Lipinski definition) is 4. The third-order valence-corrected chi connectivity index (χ3v) is 3.38. The number of amides is 1. The van der Waals surface area contributed by atoms with Crippen molar-refractivity contribution in [2.75, 3.05) is 12.4 Å². The summed E-state index contributed by atoms with van der Waals surface area (Å²) in [5.74, 6) is -0.200. The highest BCUT2D eigenvalue weighted by Crippen LogP contribution is 2.29. The van der Waals surface area contributed by atoms with E-state index < -0.39 is 10.8 Å². The monoisotopic (exact) mass is 340 g/mol. The molecule has 0 atom stereocenters. The molecule has 0 spiro atoms. The van der Waals surface area contributed by atoms with Gasteiger partial charge in [-0.15, -0.1) is 0 Å². The molecule has 2 rings (SSSR count). The fourth-order valence-corrected chi connectivity index (χ4v) is 2.14. The largest absolute Gasteiger partial charge is 0.495 e. The fourth-order valence-electron chi connectivity index (χ4n) is 1.77. The number of carbonyl (C=O) groups is 1. The first-order valence-electron chi connectivity index (χ1n) is 6.01. The van der Waals surface area contributed by atoms with Gasteiger partial charge in [-0.3, -0.25) is 14.9 Å². The summed E-state index contributed by atoms with van der Waals surface area (Å²) in [6.45, 7) is 0. The molecule has 0 aliphatic rings. The van der Waals surface area contributed by atoms with E-state index >= 15 is 0 Å². The zero-order valence-corrected chi connectivity index (χ0v) is 12.8. The molecule has 0 aromatic heterocycles. The molecule has 1 amide bonds. The zero-order chi connectivity index (χ0) is 16.3. The van der Waals surface area contributed by atoms with Crippen LogP contribution in [0, 0.1) is 10.1 Å². The zero-order valence-electron chi connectivity index (χ0n) is 11.3. The van der Waals surface area contributed by atoms with Gasteiger partial charge in [0.05, 0.1) is 28.3 Å². The average Bonchev–Trinajstić information content (AvgIpc) is 2.47. The van der Waals surface area contributed by atoms with Gasteiger partial charge in [-0.2, -0.15) is 0 Å². The van der Waals surface area contributed by atoms with Crippen LogP contribution in [0.2, 0.25) is 10.0 Å². The molecule has 0 saturated carbocycles. The SMILES string of the molecule is COc1ccc(Cl)cc1NC(=O)c1cc([N+](=O)[O-])ccc1Cl. The van der Waals surface area contributed by atoms with Crippen molar-refractivity contribution in [3.63, 3.8) is 0 Å². The Hall–Kier alpha value is -2.31. The Labute approximate surface area is 135 Å². The number of anilines is 1. The highest BCUT2D eigenvalue weighted by Gasteiger charge is 2.17. The van der Waals surface area contributed by atoms with Gasteiger partial charge in [0.1, 0.15) is 5.75 Å². The van der Waals surface area contributed by atoms with Gasteiger partial charge in [-0.1, -0.05) is 23.2 Å². The first kappa shape index (κ1) is 16.1. The Morgan fingerprint density at radius 3 is 2.59 bits per heavy atom. The predicted molar refractivity (Wildman–Crippen MR) is 84.1 cm³/mol. The van der Waals surface area contributed by atoms with Gasteiger partial charge in [0.2, 0.25) is 0 Å². The normalized spacial score (nSPS) is 10.1. The summed E-state index contributed by atoms with van der Waals surface area (Å²) in [7, 11) is 1.44. The van der Waals surface area contributed by atoms with Crippen molar-refractivity contribution in [2.24, 2.45) is 0 Å². The van der Waals surface area contributed by atoms with Gasteiger partial charge in [0.15, 0.2) is 0 Å². The van der Waals surface area contributed by atoms with Crippen LogP contribution in [-0.2, 0) is 0 Å². The molecule has 0 aliphatic carbocycles. The van der Waals surface area contributed by atoms with E-state index in [-0.39, 0.29) is 16.3 Å². The number of benzene rings is 2. The van der Waals surface area contributed by atoms with Crippen LogP contribution in [0.1, 0.15) is 10.4 Å². The number of halogens is 2. The number of hydrogen-bond donors (Lipinski definition) is 1. The smallest absolute Gasteiger partial charge is 0.270 e. The molecule has 22 heavy (non-hydrogen) atoms. The minimum absolute atomic E-state index is 0.0158. The number of rotatable bonds is 4. The lowest BCUT2D eigenvalue weighted by Crippen LogP contribution is -2.13. The Balaban J connectivity index is 2.35. The maximum absolute atomic E-state index is 12.3. The lowest BCUT2D eigenvalue weighted by atomic mass is 10.1. The van der Waals surface area contributed by atoms with E-state index in [2.05, 4.69) is 5.32 Å². The number of nitrogens with one attached hydrogen (secondary N) is 1. The third-order valence-electron chi connectivity index (χ3n) is 2.82. The second kappa shape index (κ2) is 6.64. The van der Waals surface area contributed by atoms with Crippen LogP contribution in [0.25, 0.3) is 0 Å². The molecule has 0 saturated heterocycles. The standard InChI is InChI=1S/C14H10Cl2N2O4/c1-22-13-5-2-8(15)6-12(13)17-14(19)10-7-9(18(20)21)3-4-11(10)16/h2-7H,1H3,(H,17,19). The number of nitro groups is 1. The Bertz CT molecular complexity index is 750. The van der Waals surface area contributed by atoms with Crippen molar-refractivity contribution in [1.29, 1.82) is 0 Å². The van der Waals surface area contributed by atoms with Crippen LogP contribution in [0.5, 0.6) is 5.75 Å². The van der Waals surface area contributed by atoms with Crippen LogP contribution >= 0.6 is 23.2 Å². The van der Waals surface area contributed by atoms with Gasteiger partial charge in [-0.25, -0.2) is 0 Å². The molecule has 0 radical (unpaired) electrons. The maximum Gasteiger partial charge on any atom is 0.270 e. The van der Waals surface area contributed by atoms with Crippen LogP contribution in [0.4, 0.5) is 11.4 Å². The average molecular weight is 341 g/mol. The molecule has 0 heterocycles. The van der Waals surface area contributed by atoms with Gasteiger partial charge >= 0.3 is 0 Å². The highest BCUT2D eigenvalue weighted by atomic mass is 35.5. The van der Waals surface area contributed by atoms with E-state index in [1.807, 2.05) is 0 Å². The van der Waals surface area contributed by atoms with E-state index in [0.29, 0.717) is 16.5 Å². The first-order chi connectivity index (χ1) is 10.4. The van der Waals surface area contributed by atoms with E-state index in [1.54, 1.807) is 12.1 Å². The molecule has 0 fully saturated rings. The van der Waals surface area contributed by atoms with Crippen LogP contribution < -0.4 is 10.1 Å². The summed E-state index contributed by atoms with van der Waals surface area (Å²) in [4.78, 5) is 22.5. The third kappa shape index (κ3) is 3.47. The van der Waals surface area contributed by atoms with Crippen LogP contribution in [-0.4, -0.2) is 17.9 Å². The Kier molecular flexibility index (Phi) is 4.85. The molecular formula is C14H10Cl2N2O4. The molecular weight excluding hydrogens is 331 g/mol. The summed E-state index contributed by atoms with van der Waals surface area (Å²) in [5.41, 5.74) is 0.0908. The van der Waals surface area contributed by atoms with Gasteiger partial charge in [0.25, 0.3) is 11.6 Å². The van der Waals surface area contributed by atoms with Crippen LogP contribution in [0.15, 0.2) is 36.4 Å². The minimum atomic E-state index is -0.604. The Morgan fingerprint density at radius 1 is 1.23 bits per heavy atom. The summed E-state index contributed by atoms with van der Waals surface area (Å²) < 4.78 is 5.11. The maximum atomic E-state index is 12.3. The molecule has 2 aromatic rings. The van der Waals surface area contributed by atoms with Crippen molar-refractivity contribution < 1.29 is 14.5 Å². The Morgan fingerprint density at radius 2 is 1.95 bits per heavy atom. The first-order valence-corrected chi connectivity index (χ1v) is 6.77. The highest BCUT2D eigenvalue weighted by molar-refractivity contribution is 6.34. The molecule has 114 valence electrons. The molecule has 0 unspecified atom stereocenters. The second-order valence-corrected chi connectivity index (χ2v) is 5.06. The molecule has 6 nitrogen and oxygen atoms in total. The topological polar surface area (TPSA) is 81.5 Å². The van der Waals surface area contributed by atoms with Crippen molar-refractivity contribution >= 4 is 40.5 Å². The number of non-ortho nitro benzene ring substituents is 1. The predicted octanol–water partition coefficient (Wildman–Crippen LogP) is 4.16. The van der Waals surface area contributed by atoms with E-state index in [4.69, 9.17) is 27.9 Å². The van der Waals surface area contributed by atoms with Crippen LogP contribution in [0.3, 0.4) is 0 Å². The molecule has 0 aliphatic heterocycles. The lowest BCUT2D eigenvalue weighted by molar-refractivity contribution is -0.384. The summed E-state index contributed by atoms with van der Waals surface area (Å²) in [6.07, 6.45) is 0. The second-order valence-electron chi connectivity index (χ2n) is 4.22. The van der Waals surface area contributed by atoms with E-state index in [0.717, 1.165) is 6.07 Å². The number of methoxy groups -OCH3 is 1. The number of nitrogens with zero attached hydrogens (tertiary/aromatic N) is 1. The summed E-state index contributed by atoms with van der Waals surface area (Å²) >= 11 is 11.8. The number of ether oxygens (including phenoxy) is 1. The molecule has 0 bridgehead atoms. The van der Waals surface area contributed by atoms with Gasteiger partial charge in [0, 0.05) is 17.2 Å². The van der Waals surface area contributed by atoms with E-state index in [1.165, 1.54) is 25.3 Å². The summed E-state index contributed by atoms with van der Waals surface area (Å²) in [5, 5.41) is 13.9. The minimum Gasteiger partial charge on any atom is -0.495 e. The number of carbonyl (C=O) groups excluding carboxylic acids is 1. The van der Waals surface area contributed by atoms with Crippen molar-refractivity contribution in [3.05, 3.63) is 62.1 Å². The van der Waals surface area contributed by atoms with Crippen molar-refractivity contribution in [3.8, 4) is 5.75 Å². The molecule has 2 aromatic carbocycles. The van der Waals surface area contributed by atoms with Gasteiger partial charge < -0.3 is 10.1 Å². The lowest BCUT2D eigenvalue weighted by Gasteiger charge is -2.11. The molecule has 8 heteroatoms. The summed E-state index contributed by atoms with van der Waals surface area (Å²) in [6, 6.07) is 8.32. The van der Waals surface area contributed by atoms with E-state index in [9.17, 15) is 14.9 Å². The fraction of sp³-hybridized carbons (Fsp3) is 0.0714.